The fourth-order valence-electron chi connectivity index (χ4n) is 1.74. The number of nitrogens with one attached hydrogen (secondary N) is 1. The molecule has 0 fully saturated rings. The van der Waals surface area contributed by atoms with Crippen LogP contribution in [0.25, 0.3) is 0 Å². The standard InChI is InChI=1S/C12H19N5O2/c1-2-15-12-9(4-3-5-16-12)6-17(7-10(13)18)8-11(14)19/h3-5H,2,6-8H2,1H3,(H2,13,18)(H2,14,19)(H,15,16). The van der Waals surface area contributed by atoms with Gasteiger partial charge >= 0.3 is 0 Å². The lowest BCUT2D eigenvalue weighted by atomic mass is 10.2. The highest BCUT2D eigenvalue weighted by molar-refractivity contribution is 5.79. The van der Waals surface area contributed by atoms with Crippen molar-refractivity contribution in [2.24, 2.45) is 11.5 Å². The van der Waals surface area contributed by atoms with Crippen LogP contribution in [0, 0.1) is 0 Å². The molecule has 7 heteroatoms. The van der Waals surface area contributed by atoms with E-state index in [0.717, 1.165) is 17.9 Å². The molecule has 104 valence electrons. The Balaban J connectivity index is 2.82. The first-order chi connectivity index (χ1) is 9.02. The fraction of sp³-hybridized carbons (Fsp3) is 0.417. The predicted octanol–water partition coefficient (Wildman–Crippen LogP) is -0.714. The van der Waals surface area contributed by atoms with Crippen LogP contribution in [0.15, 0.2) is 18.3 Å². The van der Waals surface area contributed by atoms with E-state index in [9.17, 15) is 9.59 Å². The molecule has 0 atom stereocenters. The Hall–Kier alpha value is -2.15. The van der Waals surface area contributed by atoms with E-state index in [0.29, 0.717) is 6.54 Å². The van der Waals surface area contributed by atoms with E-state index in [2.05, 4.69) is 10.3 Å². The molecule has 19 heavy (non-hydrogen) atoms. The molecule has 0 bridgehead atoms. The monoisotopic (exact) mass is 265 g/mol. The summed E-state index contributed by atoms with van der Waals surface area (Å²) in [5, 5.41) is 3.12. The van der Waals surface area contributed by atoms with Crippen LogP contribution in [0.3, 0.4) is 0 Å². The fourth-order valence-corrected chi connectivity index (χ4v) is 1.74. The Morgan fingerprint density at radius 3 is 2.47 bits per heavy atom. The molecule has 0 aliphatic carbocycles. The van der Waals surface area contributed by atoms with E-state index in [1.165, 1.54) is 0 Å². The number of carbonyl (C=O) groups excluding carboxylic acids is 2. The quantitative estimate of drug-likeness (QED) is 0.574. The second-order valence-electron chi connectivity index (χ2n) is 4.12. The van der Waals surface area contributed by atoms with Gasteiger partial charge in [0.15, 0.2) is 0 Å². The smallest absolute Gasteiger partial charge is 0.231 e. The number of rotatable bonds is 8. The van der Waals surface area contributed by atoms with Gasteiger partial charge < -0.3 is 16.8 Å². The maximum Gasteiger partial charge on any atom is 0.231 e. The molecule has 5 N–H and O–H groups in total. The maximum absolute atomic E-state index is 11.0. The van der Waals surface area contributed by atoms with Crippen molar-refractivity contribution in [2.45, 2.75) is 13.5 Å². The lowest BCUT2D eigenvalue weighted by Gasteiger charge is -2.20. The van der Waals surface area contributed by atoms with Crippen molar-refractivity contribution in [1.82, 2.24) is 9.88 Å². The largest absolute Gasteiger partial charge is 0.370 e. The topological polar surface area (TPSA) is 114 Å². The molecule has 7 nitrogen and oxygen atoms in total. The van der Waals surface area contributed by atoms with Crippen LogP contribution in [0.2, 0.25) is 0 Å². The van der Waals surface area contributed by atoms with Gasteiger partial charge in [0.05, 0.1) is 13.1 Å². The van der Waals surface area contributed by atoms with Crippen molar-refractivity contribution in [3.63, 3.8) is 0 Å². The summed E-state index contributed by atoms with van der Waals surface area (Å²) in [7, 11) is 0. The summed E-state index contributed by atoms with van der Waals surface area (Å²) in [5.41, 5.74) is 11.2. The summed E-state index contributed by atoms with van der Waals surface area (Å²) in [6, 6.07) is 3.67. The number of nitrogens with two attached hydrogens (primary N) is 2. The molecule has 2 amide bonds. The average Bonchev–Trinajstić information content (AvgIpc) is 2.30. The molecule has 0 aromatic carbocycles. The molecule has 1 heterocycles. The number of anilines is 1. The molecule has 0 saturated heterocycles. The number of hydrogen-bond donors (Lipinski definition) is 3. The Labute approximate surface area is 112 Å². The zero-order valence-corrected chi connectivity index (χ0v) is 10.9. The van der Waals surface area contributed by atoms with Gasteiger partial charge in [-0.25, -0.2) is 4.98 Å². The van der Waals surface area contributed by atoms with E-state index >= 15 is 0 Å². The summed E-state index contributed by atoms with van der Waals surface area (Å²) >= 11 is 0. The van der Waals surface area contributed by atoms with E-state index in [1.54, 1.807) is 17.2 Å². The van der Waals surface area contributed by atoms with Gasteiger partial charge in [-0.2, -0.15) is 0 Å². The normalized spacial score (nSPS) is 10.4. The number of carbonyl (C=O) groups is 2. The lowest BCUT2D eigenvalue weighted by Crippen LogP contribution is -2.39. The van der Waals surface area contributed by atoms with Crippen LogP contribution in [0.4, 0.5) is 5.82 Å². The van der Waals surface area contributed by atoms with E-state index < -0.39 is 11.8 Å². The molecule has 0 radical (unpaired) electrons. The van der Waals surface area contributed by atoms with Crippen LogP contribution < -0.4 is 16.8 Å². The van der Waals surface area contributed by atoms with Gasteiger partial charge in [-0.15, -0.1) is 0 Å². The van der Waals surface area contributed by atoms with Crippen LogP contribution in [-0.2, 0) is 16.1 Å². The van der Waals surface area contributed by atoms with Crippen molar-refractivity contribution in [3.8, 4) is 0 Å². The second-order valence-corrected chi connectivity index (χ2v) is 4.12. The Bertz CT molecular complexity index is 434. The molecule has 0 aliphatic rings. The van der Waals surface area contributed by atoms with Crippen molar-refractivity contribution >= 4 is 17.6 Å². The highest BCUT2D eigenvalue weighted by atomic mass is 16.2. The van der Waals surface area contributed by atoms with Gasteiger partial charge in [-0.3, -0.25) is 14.5 Å². The van der Waals surface area contributed by atoms with Crippen LogP contribution in [0.1, 0.15) is 12.5 Å². The van der Waals surface area contributed by atoms with E-state index in [1.807, 2.05) is 13.0 Å². The summed E-state index contributed by atoms with van der Waals surface area (Å²) in [6.07, 6.45) is 1.67. The number of hydrogen-bond acceptors (Lipinski definition) is 5. The molecule has 0 aliphatic heterocycles. The van der Waals surface area contributed by atoms with Crippen molar-refractivity contribution in [2.75, 3.05) is 25.0 Å². The zero-order valence-electron chi connectivity index (χ0n) is 10.9. The second kappa shape index (κ2) is 7.32. The van der Waals surface area contributed by atoms with Crippen LogP contribution in [-0.4, -0.2) is 41.3 Å². The Kier molecular flexibility index (Phi) is 5.74. The van der Waals surface area contributed by atoms with E-state index in [4.69, 9.17) is 11.5 Å². The first kappa shape index (κ1) is 14.9. The van der Waals surface area contributed by atoms with E-state index in [-0.39, 0.29) is 13.1 Å². The minimum Gasteiger partial charge on any atom is -0.370 e. The molecule has 1 aromatic heterocycles. The van der Waals surface area contributed by atoms with Crippen molar-refractivity contribution < 1.29 is 9.59 Å². The molecular weight excluding hydrogens is 246 g/mol. The molecular formula is C12H19N5O2. The first-order valence-electron chi connectivity index (χ1n) is 5.99. The van der Waals surface area contributed by atoms with Crippen LogP contribution >= 0.6 is 0 Å². The number of nitrogens with zero attached hydrogens (tertiary/aromatic N) is 2. The Morgan fingerprint density at radius 2 is 1.95 bits per heavy atom. The SMILES string of the molecule is CCNc1ncccc1CN(CC(N)=O)CC(N)=O. The van der Waals surface area contributed by atoms with Crippen LogP contribution in [0.5, 0.6) is 0 Å². The van der Waals surface area contributed by atoms with Crippen molar-refractivity contribution in [1.29, 1.82) is 0 Å². The van der Waals surface area contributed by atoms with Gasteiger partial charge in [0.1, 0.15) is 5.82 Å². The van der Waals surface area contributed by atoms with Gasteiger partial charge in [0.2, 0.25) is 11.8 Å². The van der Waals surface area contributed by atoms with Gasteiger partial charge in [-0.1, -0.05) is 6.07 Å². The highest BCUT2D eigenvalue weighted by Crippen LogP contribution is 2.13. The Morgan fingerprint density at radius 1 is 1.32 bits per heavy atom. The minimum absolute atomic E-state index is 0.0244. The number of aromatic nitrogens is 1. The molecule has 1 aromatic rings. The van der Waals surface area contributed by atoms with Crippen molar-refractivity contribution in [3.05, 3.63) is 23.9 Å². The number of pyridine rings is 1. The van der Waals surface area contributed by atoms with Gasteiger partial charge in [0, 0.05) is 24.8 Å². The number of amides is 2. The summed E-state index contributed by atoms with van der Waals surface area (Å²) in [4.78, 5) is 27.8. The predicted molar refractivity (Wildman–Crippen MR) is 72.1 cm³/mol. The number of primary amides is 2. The van der Waals surface area contributed by atoms with Gasteiger partial charge in [0.25, 0.3) is 0 Å². The maximum atomic E-state index is 11.0. The molecule has 0 spiro atoms. The minimum atomic E-state index is -0.504. The summed E-state index contributed by atoms with van der Waals surface area (Å²) < 4.78 is 0. The third-order valence-electron chi connectivity index (χ3n) is 2.39. The third-order valence-corrected chi connectivity index (χ3v) is 2.39. The molecule has 0 unspecified atom stereocenters. The lowest BCUT2D eigenvalue weighted by molar-refractivity contribution is -0.122. The first-order valence-corrected chi connectivity index (χ1v) is 5.99. The summed E-state index contributed by atoms with van der Waals surface area (Å²) in [5.74, 6) is -0.283. The average molecular weight is 265 g/mol. The van der Waals surface area contributed by atoms with Gasteiger partial charge in [-0.05, 0) is 13.0 Å². The molecule has 0 saturated carbocycles. The molecule has 1 rings (SSSR count). The third kappa shape index (κ3) is 5.35. The summed E-state index contributed by atoms with van der Waals surface area (Å²) in [6.45, 7) is 3.02. The zero-order chi connectivity index (χ0) is 14.3. The highest BCUT2D eigenvalue weighted by Gasteiger charge is 2.14.